The third-order valence-electron chi connectivity index (χ3n) is 2.65. The van der Waals surface area contributed by atoms with Crippen LogP contribution in [-0.4, -0.2) is 15.8 Å². The molecule has 3 nitrogen and oxygen atoms in total. The summed E-state index contributed by atoms with van der Waals surface area (Å²) < 4.78 is 1.77. The molecule has 0 radical (unpaired) electrons. The molecule has 1 aromatic carbocycles. The zero-order chi connectivity index (χ0) is 12.4. The van der Waals surface area contributed by atoms with Crippen molar-refractivity contribution >= 4 is 29.5 Å². The first-order valence-corrected chi connectivity index (χ1v) is 5.81. The SMILES string of the molecule is CC(c1ccc(Cl)cc1Cl)n1cncc1C=O. The molecule has 0 saturated heterocycles. The van der Waals surface area contributed by atoms with Crippen LogP contribution in [0.1, 0.15) is 29.0 Å². The van der Waals surface area contributed by atoms with Gasteiger partial charge in [0.1, 0.15) is 5.69 Å². The lowest BCUT2D eigenvalue weighted by atomic mass is 10.1. The Kier molecular flexibility index (Phi) is 3.50. The molecule has 0 saturated carbocycles. The molecule has 0 amide bonds. The Morgan fingerprint density at radius 1 is 1.41 bits per heavy atom. The van der Waals surface area contributed by atoms with E-state index < -0.39 is 0 Å². The van der Waals surface area contributed by atoms with Gasteiger partial charge < -0.3 is 4.57 Å². The molecule has 1 heterocycles. The molecule has 2 rings (SSSR count). The molecule has 0 spiro atoms. The Hall–Kier alpha value is -1.32. The molecule has 2 aromatic rings. The minimum Gasteiger partial charge on any atom is -0.321 e. The predicted octanol–water partition coefficient (Wildman–Crippen LogP) is 3.61. The van der Waals surface area contributed by atoms with Gasteiger partial charge in [0.05, 0.1) is 18.6 Å². The van der Waals surface area contributed by atoms with Gasteiger partial charge in [0, 0.05) is 10.0 Å². The van der Waals surface area contributed by atoms with E-state index in [1.54, 1.807) is 23.0 Å². The number of hydrogen-bond donors (Lipinski definition) is 0. The van der Waals surface area contributed by atoms with Crippen LogP contribution >= 0.6 is 23.2 Å². The lowest BCUT2D eigenvalue weighted by molar-refractivity contribution is 0.111. The average molecular weight is 269 g/mol. The summed E-state index contributed by atoms with van der Waals surface area (Å²) in [5.74, 6) is 0. The molecule has 0 aliphatic carbocycles. The van der Waals surface area contributed by atoms with Crippen LogP contribution in [0.25, 0.3) is 0 Å². The smallest absolute Gasteiger partial charge is 0.168 e. The van der Waals surface area contributed by atoms with E-state index in [0.29, 0.717) is 15.7 Å². The first kappa shape index (κ1) is 12.1. The van der Waals surface area contributed by atoms with Gasteiger partial charge in [0.2, 0.25) is 0 Å². The largest absolute Gasteiger partial charge is 0.321 e. The van der Waals surface area contributed by atoms with Crippen LogP contribution in [0.3, 0.4) is 0 Å². The van der Waals surface area contributed by atoms with E-state index >= 15 is 0 Å². The fraction of sp³-hybridized carbons (Fsp3) is 0.167. The zero-order valence-electron chi connectivity index (χ0n) is 9.10. The molecule has 88 valence electrons. The number of carbonyl (C=O) groups is 1. The van der Waals surface area contributed by atoms with Crippen molar-refractivity contribution in [2.75, 3.05) is 0 Å². The molecule has 1 aromatic heterocycles. The van der Waals surface area contributed by atoms with E-state index in [9.17, 15) is 4.79 Å². The van der Waals surface area contributed by atoms with Crippen LogP contribution in [0.15, 0.2) is 30.7 Å². The number of nitrogens with zero attached hydrogens (tertiary/aromatic N) is 2. The highest BCUT2D eigenvalue weighted by atomic mass is 35.5. The maximum absolute atomic E-state index is 10.8. The van der Waals surface area contributed by atoms with Crippen LogP contribution in [0.2, 0.25) is 10.0 Å². The average Bonchev–Trinajstić information content (AvgIpc) is 2.76. The number of aromatic nitrogens is 2. The molecule has 1 unspecified atom stereocenters. The summed E-state index contributed by atoms with van der Waals surface area (Å²) in [5.41, 5.74) is 1.42. The van der Waals surface area contributed by atoms with Crippen molar-refractivity contribution < 1.29 is 4.79 Å². The first-order chi connectivity index (χ1) is 8.13. The molecular formula is C12H10Cl2N2O. The summed E-state index contributed by atoms with van der Waals surface area (Å²) in [6, 6.07) is 5.25. The van der Waals surface area contributed by atoms with Crippen LogP contribution in [0.5, 0.6) is 0 Å². The van der Waals surface area contributed by atoms with Gasteiger partial charge in [-0.15, -0.1) is 0 Å². The van der Waals surface area contributed by atoms with E-state index in [1.807, 2.05) is 13.0 Å². The lowest BCUT2D eigenvalue weighted by Crippen LogP contribution is -2.09. The minimum atomic E-state index is -0.0672. The van der Waals surface area contributed by atoms with Crippen molar-refractivity contribution in [2.24, 2.45) is 0 Å². The summed E-state index contributed by atoms with van der Waals surface area (Å²) in [4.78, 5) is 14.8. The summed E-state index contributed by atoms with van der Waals surface area (Å²) in [6.07, 6.45) is 3.90. The highest BCUT2D eigenvalue weighted by molar-refractivity contribution is 6.35. The molecule has 0 N–H and O–H groups in total. The van der Waals surface area contributed by atoms with Gasteiger partial charge in [-0.25, -0.2) is 4.98 Å². The third-order valence-corrected chi connectivity index (χ3v) is 3.21. The van der Waals surface area contributed by atoms with Gasteiger partial charge in [-0.2, -0.15) is 0 Å². The number of carbonyl (C=O) groups excluding carboxylic acids is 1. The van der Waals surface area contributed by atoms with Crippen molar-refractivity contribution in [3.63, 3.8) is 0 Å². The van der Waals surface area contributed by atoms with Gasteiger partial charge >= 0.3 is 0 Å². The van der Waals surface area contributed by atoms with E-state index in [0.717, 1.165) is 11.8 Å². The maximum Gasteiger partial charge on any atom is 0.168 e. The van der Waals surface area contributed by atoms with Gasteiger partial charge in [-0.05, 0) is 24.6 Å². The van der Waals surface area contributed by atoms with Crippen LogP contribution in [0.4, 0.5) is 0 Å². The maximum atomic E-state index is 10.8. The molecule has 0 aliphatic rings. The summed E-state index contributed by atoms with van der Waals surface area (Å²) in [6.45, 7) is 1.95. The van der Waals surface area contributed by atoms with E-state index in [4.69, 9.17) is 23.2 Å². The Balaban J connectivity index is 2.43. The van der Waals surface area contributed by atoms with Crippen molar-refractivity contribution in [3.8, 4) is 0 Å². The molecular weight excluding hydrogens is 259 g/mol. The first-order valence-electron chi connectivity index (χ1n) is 5.05. The second-order valence-corrected chi connectivity index (χ2v) is 4.53. The normalized spacial score (nSPS) is 12.4. The lowest BCUT2D eigenvalue weighted by Gasteiger charge is -2.16. The van der Waals surface area contributed by atoms with Crippen molar-refractivity contribution in [1.82, 2.24) is 9.55 Å². The fourth-order valence-electron chi connectivity index (χ4n) is 1.72. The Bertz CT molecular complexity index is 551. The highest BCUT2D eigenvalue weighted by Crippen LogP contribution is 2.28. The Morgan fingerprint density at radius 3 is 2.82 bits per heavy atom. The van der Waals surface area contributed by atoms with Gasteiger partial charge in [-0.3, -0.25) is 4.79 Å². The number of halogens is 2. The predicted molar refractivity (Wildman–Crippen MR) is 67.9 cm³/mol. The minimum absolute atomic E-state index is 0.0672. The number of benzene rings is 1. The van der Waals surface area contributed by atoms with Gasteiger partial charge in [0.15, 0.2) is 6.29 Å². The van der Waals surface area contributed by atoms with Crippen LogP contribution in [0, 0.1) is 0 Å². The summed E-state index contributed by atoms with van der Waals surface area (Å²) in [7, 11) is 0. The van der Waals surface area contributed by atoms with Crippen molar-refractivity contribution in [2.45, 2.75) is 13.0 Å². The molecule has 0 fully saturated rings. The van der Waals surface area contributed by atoms with E-state index in [1.165, 1.54) is 6.20 Å². The summed E-state index contributed by atoms with van der Waals surface area (Å²) in [5, 5.41) is 1.17. The van der Waals surface area contributed by atoms with Crippen molar-refractivity contribution in [1.29, 1.82) is 0 Å². The molecule has 1 atom stereocenters. The monoisotopic (exact) mass is 268 g/mol. The molecule has 0 bridgehead atoms. The Morgan fingerprint density at radius 2 is 2.18 bits per heavy atom. The number of rotatable bonds is 3. The number of aldehydes is 1. The van der Waals surface area contributed by atoms with Crippen molar-refractivity contribution in [3.05, 3.63) is 52.0 Å². The van der Waals surface area contributed by atoms with Crippen LogP contribution < -0.4 is 0 Å². The quantitative estimate of drug-likeness (QED) is 0.798. The fourth-order valence-corrected chi connectivity index (χ4v) is 2.29. The second-order valence-electron chi connectivity index (χ2n) is 3.69. The van der Waals surface area contributed by atoms with E-state index in [-0.39, 0.29) is 6.04 Å². The van der Waals surface area contributed by atoms with E-state index in [2.05, 4.69) is 4.98 Å². The molecule has 5 heteroatoms. The highest BCUT2D eigenvalue weighted by Gasteiger charge is 2.14. The number of hydrogen-bond acceptors (Lipinski definition) is 2. The second kappa shape index (κ2) is 4.90. The molecule has 17 heavy (non-hydrogen) atoms. The third kappa shape index (κ3) is 2.35. The van der Waals surface area contributed by atoms with Crippen LogP contribution in [-0.2, 0) is 0 Å². The number of imidazole rings is 1. The molecule has 0 aliphatic heterocycles. The zero-order valence-corrected chi connectivity index (χ0v) is 10.6. The standard InChI is InChI=1S/C12H10Cl2N2O/c1-8(16-7-15-5-10(16)6-17)11-3-2-9(13)4-12(11)14/h2-8H,1H3. The summed E-state index contributed by atoms with van der Waals surface area (Å²) >= 11 is 12.0. The topological polar surface area (TPSA) is 34.9 Å². The Labute approximate surface area is 109 Å². The van der Waals surface area contributed by atoms with Gasteiger partial charge in [0.25, 0.3) is 0 Å². The van der Waals surface area contributed by atoms with Gasteiger partial charge in [-0.1, -0.05) is 29.3 Å².